The van der Waals surface area contributed by atoms with Crippen LogP contribution in [0.4, 0.5) is 0 Å². The van der Waals surface area contributed by atoms with Gasteiger partial charge in [-0.3, -0.25) is 4.79 Å². The van der Waals surface area contributed by atoms with Gasteiger partial charge in [0.25, 0.3) is 0 Å². The topological polar surface area (TPSA) is 101 Å². The molecule has 0 spiro atoms. The molecule has 1 fully saturated rings. The van der Waals surface area contributed by atoms with Gasteiger partial charge in [0.05, 0.1) is 4.90 Å². The van der Waals surface area contributed by atoms with Gasteiger partial charge in [0, 0.05) is 17.6 Å². The summed E-state index contributed by atoms with van der Waals surface area (Å²) in [6.07, 6.45) is 1.53. The first kappa shape index (κ1) is 15.0. The first-order valence-corrected chi connectivity index (χ1v) is 8.02. The smallest absolute Gasteiger partial charge is 0.248 e. The maximum Gasteiger partial charge on any atom is 0.248 e. The molecule has 0 radical (unpaired) electrons. The molecule has 0 bridgehead atoms. The van der Waals surface area contributed by atoms with Crippen LogP contribution in [0.5, 0.6) is 0 Å². The molecule has 6 nitrogen and oxygen atoms in total. The summed E-state index contributed by atoms with van der Waals surface area (Å²) >= 11 is 0. The average molecular weight is 297 g/mol. The predicted octanol–water partition coefficient (Wildman–Crippen LogP) is 0.204. The molecule has 0 aromatic heterocycles. The minimum absolute atomic E-state index is 0.0629. The number of piperidine rings is 1. The summed E-state index contributed by atoms with van der Waals surface area (Å²) < 4.78 is 27.2. The lowest BCUT2D eigenvalue weighted by Gasteiger charge is -2.28. The first-order chi connectivity index (χ1) is 9.38. The van der Waals surface area contributed by atoms with Crippen LogP contribution in [-0.2, 0) is 10.0 Å². The van der Waals surface area contributed by atoms with Crippen molar-refractivity contribution in [3.63, 3.8) is 0 Å². The van der Waals surface area contributed by atoms with Gasteiger partial charge in [-0.1, -0.05) is 0 Å². The number of hydrogen-bond donors (Lipinski definition) is 3. The predicted molar refractivity (Wildman–Crippen MR) is 75.8 cm³/mol. The maximum atomic E-state index is 12.2. The van der Waals surface area contributed by atoms with Crippen molar-refractivity contribution in [3.05, 3.63) is 29.8 Å². The van der Waals surface area contributed by atoms with Crippen LogP contribution in [0.15, 0.2) is 29.2 Å². The van der Waals surface area contributed by atoms with E-state index >= 15 is 0 Å². The second kappa shape index (κ2) is 5.90. The second-order valence-corrected chi connectivity index (χ2v) is 6.80. The van der Waals surface area contributed by atoms with Crippen molar-refractivity contribution in [1.29, 1.82) is 0 Å². The highest BCUT2D eigenvalue weighted by Gasteiger charge is 2.24. The molecule has 1 amide bonds. The van der Waals surface area contributed by atoms with Crippen molar-refractivity contribution in [2.24, 2.45) is 5.73 Å². The van der Waals surface area contributed by atoms with Crippen LogP contribution in [0.2, 0.25) is 0 Å². The fourth-order valence-electron chi connectivity index (χ4n) is 2.32. The number of carbonyl (C=O) groups excluding carboxylic acids is 1. The van der Waals surface area contributed by atoms with E-state index in [0.29, 0.717) is 11.6 Å². The van der Waals surface area contributed by atoms with E-state index in [0.717, 1.165) is 19.4 Å². The Morgan fingerprint density at radius 3 is 2.55 bits per heavy atom. The Labute approximate surface area is 118 Å². The van der Waals surface area contributed by atoms with E-state index < -0.39 is 15.9 Å². The molecular weight excluding hydrogens is 278 g/mol. The van der Waals surface area contributed by atoms with E-state index in [4.69, 9.17) is 5.73 Å². The Kier molecular flexibility index (Phi) is 4.42. The van der Waals surface area contributed by atoms with Crippen molar-refractivity contribution >= 4 is 15.9 Å². The summed E-state index contributed by atoms with van der Waals surface area (Å²) in [5.74, 6) is -0.575. The molecule has 2 unspecified atom stereocenters. The SMILES string of the molecule is CC1CC(NS(=O)(=O)c2ccc(C(N)=O)cc2)CCN1. The summed E-state index contributed by atoms with van der Waals surface area (Å²) in [7, 11) is -3.56. The van der Waals surface area contributed by atoms with Gasteiger partial charge in [-0.15, -0.1) is 0 Å². The Hall–Kier alpha value is -1.44. The molecule has 1 aromatic rings. The highest BCUT2D eigenvalue weighted by molar-refractivity contribution is 7.89. The van der Waals surface area contributed by atoms with Gasteiger partial charge in [0.15, 0.2) is 0 Å². The fraction of sp³-hybridized carbons (Fsp3) is 0.462. The molecule has 4 N–H and O–H groups in total. The van der Waals surface area contributed by atoms with E-state index in [9.17, 15) is 13.2 Å². The van der Waals surface area contributed by atoms with Crippen LogP contribution < -0.4 is 15.8 Å². The van der Waals surface area contributed by atoms with E-state index in [1.807, 2.05) is 6.92 Å². The van der Waals surface area contributed by atoms with Crippen LogP contribution in [0.25, 0.3) is 0 Å². The molecule has 1 aliphatic heterocycles. The highest BCUT2D eigenvalue weighted by Crippen LogP contribution is 2.15. The van der Waals surface area contributed by atoms with Gasteiger partial charge in [-0.05, 0) is 50.6 Å². The number of nitrogens with one attached hydrogen (secondary N) is 2. The number of nitrogens with two attached hydrogens (primary N) is 1. The lowest BCUT2D eigenvalue weighted by molar-refractivity contribution is 0.1000. The van der Waals surface area contributed by atoms with Gasteiger partial charge in [-0.2, -0.15) is 0 Å². The molecule has 1 aromatic carbocycles. The van der Waals surface area contributed by atoms with Gasteiger partial charge < -0.3 is 11.1 Å². The van der Waals surface area contributed by atoms with Crippen LogP contribution in [0.1, 0.15) is 30.1 Å². The van der Waals surface area contributed by atoms with Crippen LogP contribution >= 0.6 is 0 Å². The molecule has 1 heterocycles. The maximum absolute atomic E-state index is 12.2. The molecule has 0 saturated carbocycles. The molecule has 1 saturated heterocycles. The minimum atomic E-state index is -3.56. The van der Waals surface area contributed by atoms with Gasteiger partial charge in [-0.25, -0.2) is 13.1 Å². The summed E-state index contributed by atoms with van der Waals surface area (Å²) in [4.78, 5) is 11.1. The number of carbonyl (C=O) groups is 1. The van der Waals surface area contributed by atoms with E-state index in [-0.39, 0.29) is 10.9 Å². The average Bonchev–Trinajstić information content (AvgIpc) is 2.38. The first-order valence-electron chi connectivity index (χ1n) is 6.54. The number of rotatable bonds is 4. The third kappa shape index (κ3) is 3.56. The van der Waals surface area contributed by atoms with Gasteiger partial charge in [0.1, 0.15) is 0 Å². The quantitative estimate of drug-likeness (QED) is 0.739. The standard InChI is InChI=1S/C13H19N3O3S/c1-9-8-11(6-7-15-9)16-20(18,19)12-4-2-10(3-5-12)13(14)17/h2-5,9,11,15-16H,6-8H2,1H3,(H2,14,17). The Morgan fingerprint density at radius 1 is 1.35 bits per heavy atom. The van der Waals surface area contributed by atoms with E-state index in [1.54, 1.807) is 0 Å². The second-order valence-electron chi connectivity index (χ2n) is 5.09. The number of amides is 1. The zero-order chi connectivity index (χ0) is 14.8. The van der Waals surface area contributed by atoms with E-state index in [2.05, 4.69) is 10.0 Å². The molecule has 110 valence electrons. The van der Waals surface area contributed by atoms with Crippen molar-refractivity contribution in [3.8, 4) is 0 Å². The summed E-state index contributed by atoms with van der Waals surface area (Å²) in [5.41, 5.74) is 5.42. The minimum Gasteiger partial charge on any atom is -0.366 e. The van der Waals surface area contributed by atoms with Crippen molar-refractivity contribution < 1.29 is 13.2 Å². The number of sulfonamides is 1. The monoisotopic (exact) mass is 297 g/mol. The zero-order valence-corrected chi connectivity index (χ0v) is 12.1. The van der Waals surface area contributed by atoms with Gasteiger partial charge in [0.2, 0.25) is 15.9 Å². The Morgan fingerprint density at radius 2 is 2.00 bits per heavy atom. The zero-order valence-electron chi connectivity index (χ0n) is 11.3. The van der Waals surface area contributed by atoms with E-state index in [1.165, 1.54) is 24.3 Å². The molecular formula is C13H19N3O3S. The highest BCUT2D eigenvalue weighted by atomic mass is 32.2. The molecule has 2 rings (SSSR count). The van der Waals surface area contributed by atoms with Gasteiger partial charge >= 0.3 is 0 Å². The molecule has 0 aliphatic carbocycles. The Bertz CT molecular complexity index is 583. The lowest BCUT2D eigenvalue weighted by Crippen LogP contribution is -2.46. The van der Waals surface area contributed by atoms with Crippen LogP contribution in [0, 0.1) is 0 Å². The number of primary amides is 1. The number of hydrogen-bond acceptors (Lipinski definition) is 4. The summed E-state index contributed by atoms with van der Waals surface area (Å²) in [6.45, 7) is 2.83. The Balaban J connectivity index is 2.11. The summed E-state index contributed by atoms with van der Waals surface area (Å²) in [6, 6.07) is 5.87. The number of benzene rings is 1. The van der Waals surface area contributed by atoms with Crippen LogP contribution in [-0.4, -0.2) is 33.0 Å². The lowest BCUT2D eigenvalue weighted by atomic mass is 10.0. The van der Waals surface area contributed by atoms with Crippen molar-refractivity contribution in [2.45, 2.75) is 36.7 Å². The van der Waals surface area contributed by atoms with Crippen LogP contribution in [0.3, 0.4) is 0 Å². The van der Waals surface area contributed by atoms with Crippen molar-refractivity contribution in [1.82, 2.24) is 10.0 Å². The molecule has 1 aliphatic rings. The third-order valence-electron chi connectivity index (χ3n) is 3.39. The molecule has 2 atom stereocenters. The normalized spacial score (nSPS) is 23.4. The third-order valence-corrected chi connectivity index (χ3v) is 4.93. The molecule has 20 heavy (non-hydrogen) atoms. The molecule has 7 heteroatoms. The van der Waals surface area contributed by atoms with Crippen molar-refractivity contribution in [2.75, 3.05) is 6.54 Å². The summed E-state index contributed by atoms with van der Waals surface area (Å²) in [5, 5.41) is 3.27. The largest absolute Gasteiger partial charge is 0.366 e. The fourth-order valence-corrected chi connectivity index (χ4v) is 3.61.